The van der Waals surface area contributed by atoms with Crippen LogP contribution in [0.2, 0.25) is 0 Å². The molecule has 60 valence electrons. The van der Waals surface area contributed by atoms with Crippen molar-refractivity contribution in [2.24, 2.45) is 0 Å². The van der Waals surface area contributed by atoms with Crippen molar-refractivity contribution in [3.8, 4) is 0 Å². The van der Waals surface area contributed by atoms with E-state index in [1.807, 2.05) is 0 Å². The van der Waals surface area contributed by atoms with E-state index in [0.717, 1.165) is 0 Å². The first-order valence-corrected chi connectivity index (χ1v) is 4.62. The summed E-state index contributed by atoms with van der Waals surface area (Å²) in [7, 11) is 0. The largest absolute Gasteiger partial charge is 0.365 e. The molecule has 1 heteroatoms. The summed E-state index contributed by atoms with van der Waals surface area (Å²) in [5.74, 6) is 0. The predicted octanol–water partition coefficient (Wildman–Crippen LogP) is 2.67. The standard InChI is InChI=1S/C10H15N/c1-2-4-6-10-9(5-3-1)7-8-11-10/h7-8,11H,1-6H2. The third-order valence-electron chi connectivity index (χ3n) is 2.55. The minimum absolute atomic E-state index is 1.27. The van der Waals surface area contributed by atoms with E-state index < -0.39 is 0 Å². The third kappa shape index (κ3) is 1.47. The first kappa shape index (κ1) is 6.96. The average molecular weight is 149 g/mol. The van der Waals surface area contributed by atoms with Gasteiger partial charge in [0.1, 0.15) is 0 Å². The number of fused-ring (bicyclic) bond motifs is 1. The Kier molecular flexibility index (Phi) is 1.97. The summed E-state index contributed by atoms with van der Waals surface area (Å²) >= 11 is 0. The monoisotopic (exact) mass is 149 g/mol. The molecule has 1 aliphatic carbocycles. The van der Waals surface area contributed by atoms with Crippen LogP contribution in [0.25, 0.3) is 0 Å². The fourth-order valence-corrected chi connectivity index (χ4v) is 1.87. The number of aromatic amines is 1. The smallest absolute Gasteiger partial charge is 0.0179 e. The highest BCUT2D eigenvalue weighted by atomic mass is 14.7. The van der Waals surface area contributed by atoms with Crippen molar-refractivity contribution in [1.82, 2.24) is 4.98 Å². The fraction of sp³-hybridized carbons (Fsp3) is 0.600. The molecule has 1 N–H and O–H groups in total. The number of rotatable bonds is 0. The van der Waals surface area contributed by atoms with Gasteiger partial charge in [0.15, 0.2) is 0 Å². The molecule has 1 aliphatic rings. The summed E-state index contributed by atoms with van der Waals surface area (Å²) in [6.45, 7) is 0. The van der Waals surface area contributed by atoms with Crippen LogP contribution in [-0.4, -0.2) is 4.98 Å². The molecule has 2 rings (SSSR count). The van der Waals surface area contributed by atoms with Crippen LogP contribution in [-0.2, 0) is 12.8 Å². The maximum absolute atomic E-state index is 3.33. The molecule has 0 bridgehead atoms. The molecule has 0 fully saturated rings. The zero-order valence-corrected chi connectivity index (χ0v) is 6.90. The van der Waals surface area contributed by atoms with Gasteiger partial charge in [0, 0.05) is 11.9 Å². The molecule has 1 aromatic rings. The number of hydrogen-bond acceptors (Lipinski definition) is 0. The Morgan fingerprint density at radius 2 is 1.82 bits per heavy atom. The fourth-order valence-electron chi connectivity index (χ4n) is 1.87. The summed E-state index contributed by atoms with van der Waals surface area (Å²) in [6.07, 6.45) is 10.2. The Hall–Kier alpha value is -0.720. The second-order valence-corrected chi connectivity index (χ2v) is 3.40. The highest BCUT2D eigenvalue weighted by Crippen LogP contribution is 2.18. The van der Waals surface area contributed by atoms with Gasteiger partial charge >= 0.3 is 0 Å². The van der Waals surface area contributed by atoms with Crippen LogP contribution in [0, 0.1) is 0 Å². The van der Waals surface area contributed by atoms with Crippen molar-refractivity contribution >= 4 is 0 Å². The van der Waals surface area contributed by atoms with Crippen molar-refractivity contribution < 1.29 is 0 Å². The molecule has 0 amide bonds. The van der Waals surface area contributed by atoms with Gasteiger partial charge in [-0.3, -0.25) is 0 Å². The summed E-state index contributed by atoms with van der Waals surface area (Å²) in [5.41, 5.74) is 3.05. The lowest BCUT2D eigenvalue weighted by atomic mass is 9.99. The van der Waals surface area contributed by atoms with Crippen LogP contribution in [0.5, 0.6) is 0 Å². The van der Waals surface area contributed by atoms with E-state index in [2.05, 4.69) is 17.2 Å². The molecule has 0 atom stereocenters. The molecule has 0 radical (unpaired) electrons. The summed E-state index contributed by atoms with van der Waals surface area (Å²) in [6, 6.07) is 2.24. The molecular weight excluding hydrogens is 134 g/mol. The summed E-state index contributed by atoms with van der Waals surface area (Å²) < 4.78 is 0. The topological polar surface area (TPSA) is 15.8 Å². The van der Waals surface area contributed by atoms with Crippen molar-refractivity contribution in [2.45, 2.75) is 38.5 Å². The van der Waals surface area contributed by atoms with E-state index >= 15 is 0 Å². The Morgan fingerprint density at radius 1 is 1.00 bits per heavy atom. The molecule has 0 spiro atoms. The van der Waals surface area contributed by atoms with E-state index in [-0.39, 0.29) is 0 Å². The number of H-pyrrole nitrogens is 1. The van der Waals surface area contributed by atoms with Crippen LogP contribution in [0.1, 0.15) is 36.9 Å². The second kappa shape index (κ2) is 3.12. The van der Waals surface area contributed by atoms with Gasteiger partial charge in [-0.05, 0) is 37.3 Å². The third-order valence-corrected chi connectivity index (χ3v) is 2.55. The predicted molar refractivity (Wildman–Crippen MR) is 46.7 cm³/mol. The minimum atomic E-state index is 1.27. The number of hydrogen-bond donors (Lipinski definition) is 1. The van der Waals surface area contributed by atoms with Crippen molar-refractivity contribution in [3.05, 3.63) is 23.5 Å². The second-order valence-electron chi connectivity index (χ2n) is 3.40. The van der Waals surface area contributed by atoms with Crippen molar-refractivity contribution in [1.29, 1.82) is 0 Å². The van der Waals surface area contributed by atoms with Crippen molar-refractivity contribution in [2.75, 3.05) is 0 Å². The van der Waals surface area contributed by atoms with Gasteiger partial charge in [-0.1, -0.05) is 12.8 Å². The van der Waals surface area contributed by atoms with Crippen molar-refractivity contribution in [3.63, 3.8) is 0 Å². The van der Waals surface area contributed by atoms with E-state index in [4.69, 9.17) is 0 Å². The maximum Gasteiger partial charge on any atom is 0.0179 e. The number of aryl methyl sites for hydroxylation is 2. The maximum atomic E-state index is 3.33. The van der Waals surface area contributed by atoms with Crippen LogP contribution in [0.4, 0.5) is 0 Å². The van der Waals surface area contributed by atoms with Gasteiger partial charge in [-0.15, -0.1) is 0 Å². The molecule has 0 saturated heterocycles. The van der Waals surface area contributed by atoms with Crippen LogP contribution < -0.4 is 0 Å². The lowest BCUT2D eigenvalue weighted by Gasteiger charge is -2.08. The normalized spacial score (nSPS) is 18.5. The highest BCUT2D eigenvalue weighted by Gasteiger charge is 2.05. The van der Waals surface area contributed by atoms with Gasteiger partial charge in [0.2, 0.25) is 0 Å². The van der Waals surface area contributed by atoms with Gasteiger partial charge in [0.25, 0.3) is 0 Å². The van der Waals surface area contributed by atoms with Crippen LogP contribution in [0.15, 0.2) is 12.3 Å². The van der Waals surface area contributed by atoms with Gasteiger partial charge in [-0.25, -0.2) is 0 Å². The number of aromatic nitrogens is 1. The summed E-state index contributed by atoms with van der Waals surface area (Å²) in [4.78, 5) is 3.33. The number of nitrogens with one attached hydrogen (secondary N) is 1. The van der Waals surface area contributed by atoms with Crippen LogP contribution in [0.3, 0.4) is 0 Å². The zero-order valence-electron chi connectivity index (χ0n) is 6.90. The molecule has 1 heterocycles. The molecule has 0 aromatic carbocycles. The molecule has 0 unspecified atom stereocenters. The Balaban J connectivity index is 2.18. The van der Waals surface area contributed by atoms with Gasteiger partial charge in [-0.2, -0.15) is 0 Å². The minimum Gasteiger partial charge on any atom is -0.365 e. The Bertz CT molecular complexity index is 202. The SMILES string of the molecule is c1cc2c([nH]1)CCCCCC2. The lowest BCUT2D eigenvalue weighted by molar-refractivity contribution is 0.613. The molecule has 0 aliphatic heterocycles. The zero-order chi connectivity index (χ0) is 7.52. The summed E-state index contributed by atoms with van der Waals surface area (Å²) in [5, 5.41) is 0. The molecule has 11 heavy (non-hydrogen) atoms. The van der Waals surface area contributed by atoms with E-state index in [9.17, 15) is 0 Å². The Labute approximate surface area is 67.8 Å². The van der Waals surface area contributed by atoms with Crippen LogP contribution >= 0.6 is 0 Å². The van der Waals surface area contributed by atoms with E-state index in [1.165, 1.54) is 44.2 Å². The average Bonchev–Trinajstić information content (AvgIpc) is 2.35. The molecular formula is C10H15N. The molecule has 1 aromatic heterocycles. The quantitative estimate of drug-likeness (QED) is 0.583. The van der Waals surface area contributed by atoms with Gasteiger partial charge in [0.05, 0.1) is 0 Å². The highest BCUT2D eigenvalue weighted by molar-refractivity contribution is 5.21. The molecule has 0 saturated carbocycles. The first-order valence-electron chi connectivity index (χ1n) is 4.62. The molecule has 1 nitrogen and oxygen atoms in total. The Morgan fingerprint density at radius 3 is 2.73 bits per heavy atom. The lowest BCUT2D eigenvalue weighted by Crippen LogP contribution is -1.96. The van der Waals surface area contributed by atoms with E-state index in [1.54, 1.807) is 5.56 Å². The first-order chi connectivity index (χ1) is 5.47. The van der Waals surface area contributed by atoms with Gasteiger partial charge < -0.3 is 4.98 Å². The van der Waals surface area contributed by atoms with E-state index in [0.29, 0.717) is 0 Å².